The van der Waals surface area contributed by atoms with E-state index in [-0.39, 0.29) is 12.0 Å². The molecule has 1 aliphatic rings. The number of para-hydroxylation sites is 2. The number of imidazole rings is 1. The first-order chi connectivity index (χ1) is 12.1. The molecule has 3 heterocycles. The highest BCUT2D eigenvalue weighted by Gasteiger charge is 2.30. The normalized spacial score (nSPS) is 16.8. The molecule has 1 amide bonds. The number of ether oxygens (including phenoxy) is 1. The fraction of sp³-hybridized carbons (Fsp3) is 0.263. The molecule has 4 rings (SSSR count). The number of anilines is 1. The number of aromatic nitrogens is 2. The van der Waals surface area contributed by atoms with Gasteiger partial charge >= 0.3 is 0 Å². The Balaban J connectivity index is 1.70. The topological polar surface area (TPSA) is 50.1 Å². The van der Waals surface area contributed by atoms with E-state index in [1.54, 1.807) is 6.20 Å². The first-order valence-corrected chi connectivity index (χ1v) is 8.27. The third-order valence-electron chi connectivity index (χ3n) is 4.29. The molecule has 0 radical (unpaired) electrons. The van der Waals surface area contributed by atoms with E-state index in [9.17, 15) is 4.79 Å². The van der Waals surface area contributed by atoms with E-state index in [0.29, 0.717) is 12.1 Å². The molecule has 0 saturated heterocycles. The predicted octanol–water partition coefficient (Wildman–Crippen LogP) is 2.30. The number of amides is 1. The third kappa shape index (κ3) is 2.96. The Bertz CT molecular complexity index is 918. The van der Waals surface area contributed by atoms with Crippen LogP contribution in [0.1, 0.15) is 10.4 Å². The molecule has 1 unspecified atom stereocenters. The van der Waals surface area contributed by atoms with Gasteiger partial charge in [-0.1, -0.05) is 12.1 Å². The molecule has 2 aromatic heterocycles. The second-order valence-electron chi connectivity index (χ2n) is 6.50. The molecule has 0 saturated carbocycles. The average Bonchev–Trinajstić information content (AvgIpc) is 3.07. The zero-order valence-corrected chi connectivity index (χ0v) is 14.3. The molecule has 1 aromatic carbocycles. The number of likely N-dealkylation sites (N-methyl/N-ethyl adjacent to an activating group) is 1. The molecule has 6 heteroatoms. The van der Waals surface area contributed by atoms with Crippen LogP contribution in [-0.2, 0) is 0 Å². The highest BCUT2D eigenvalue weighted by molar-refractivity contribution is 6.07. The summed E-state index contributed by atoms with van der Waals surface area (Å²) in [6.45, 7) is 1.27. The largest absolute Gasteiger partial charge is 0.485 e. The molecule has 0 bridgehead atoms. The van der Waals surface area contributed by atoms with Crippen LogP contribution in [0.5, 0.6) is 5.75 Å². The Morgan fingerprint density at radius 3 is 2.96 bits per heavy atom. The second-order valence-corrected chi connectivity index (χ2v) is 6.50. The van der Waals surface area contributed by atoms with Crippen LogP contribution >= 0.6 is 0 Å². The first-order valence-electron chi connectivity index (χ1n) is 8.27. The van der Waals surface area contributed by atoms with Gasteiger partial charge < -0.3 is 18.9 Å². The number of carbonyl (C=O) groups excluding carboxylic acids is 1. The Morgan fingerprint density at radius 1 is 1.28 bits per heavy atom. The number of fused-ring (bicyclic) bond motifs is 2. The third-order valence-corrected chi connectivity index (χ3v) is 4.29. The molecule has 25 heavy (non-hydrogen) atoms. The Kier molecular flexibility index (Phi) is 3.89. The molecule has 1 aliphatic heterocycles. The summed E-state index contributed by atoms with van der Waals surface area (Å²) < 4.78 is 7.92. The van der Waals surface area contributed by atoms with Crippen molar-refractivity contribution < 1.29 is 9.53 Å². The first kappa shape index (κ1) is 15.7. The van der Waals surface area contributed by atoms with Crippen LogP contribution in [0.15, 0.2) is 55.0 Å². The van der Waals surface area contributed by atoms with Crippen molar-refractivity contribution in [2.45, 2.75) is 6.10 Å². The van der Waals surface area contributed by atoms with Gasteiger partial charge in [-0.25, -0.2) is 4.98 Å². The lowest BCUT2D eigenvalue weighted by Crippen LogP contribution is -2.47. The minimum Gasteiger partial charge on any atom is -0.485 e. The zero-order valence-electron chi connectivity index (χ0n) is 14.3. The summed E-state index contributed by atoms with van der Waals surface area (Å²) in [7, 11) is 4.01. The summed E-state index contributed by atoms with van der Waals surface area (Å²) in [6.07, 6.45) is 5.32. The quantitative estimate of drug-likeness (QED) is 0.736. The molecule has 0 spiro atoms. The number of pyridine rings is 1. The van der Waals surface area contributed by atoms with Gasteiger partial charge in [-0.15, -0.1) is 0 Å². The summed E-state index contributed by atoms with van der Waals surface area (Å²) >= 11 is 0. The van der Waals surface area contributed by atoms with Gasteiger partial charge in [-0.2, -0.15) is 0 Å². The minimum absolute atomic E-state index is 0.0323. The molecular formula is C19H20N4O2. The number of hydrogen-bond acceptors (Lipinski definition) is 4. The summed E-state index contributed by atoms with van der Waals surface area (Å²) in [5.74, 6) is 0.716. The number of carbonyl (C=O) groups is 1. The fourth-order valence-corrected chi connectivity index (χ4v) is 3.20. The van der Waals surface area contributed by atoms with Crippen molar-refractivity contribution in [2.24, 2.45) is 0 Å². The SMILES string of the molecule is CN(C)CC1CN(C(=O)c2ccc3nccn3c2)c2ccccc2O1. The van der Waals surface area contributed by atoms with Gasteiger partial charge in [0.2, 0.25) is 0 Å². The van der Waals surface area contributed by atoms with E-state index in [0.717, 1.165) is 23.6 Å². The standard InChI is InChI=1S/C19H20N4O2/c1-21(2)12-15-13-23(16-5-3-4-6-17(16)25-15)19(24)14-7-8-18-20-9-10-22(18)11-14/h3-11,15H,12-13H2,1-2H3. The highest BCUT2D eigenvalue weighted by Crippen LogP contribution is 2.34. The lowest BCUT2D eigenvalue weighted by molar-refractivity contribution is 0.0940. The van der Waals surface area contributed by atoms with E-state index in [2.05, 4.69) is 9.88 Å². The summed E-state index contributed by atoms with van der Waals surface area (Å²) in [5.41, 5.74) is 2.27. The van der Waals surface area contributed by atoms with Gasteiger partial charge in [0.1, 0.15) is 17.5 Å². The van der Waals surface area contributed by atoms with Gasteiger partial charge in [0.05, 0.1) is 17.8 Å². The van der Waals surface area contributed by atoms with Crippen molar-refractivity contribution in [3.8, 4) is 5.75 Å². The van der Waals surface area contributed by atoms with Crippen LogP contribution in [0.3, 0.4) is 0 Å². The number of nitrogens with zero attached hydrogens (tertiary/aromatic N) is 4. The van der Waals surface area contributed by atoms with E-state index >= 15 is 0 Å². The van der Waals surface area contributed by atoms with Crippen molar-refractivity contribution >= 4 is 17.2 Å². The zero-order chi connectivity index (χ0) is 17.4. The molecule has 0 fully saturated rings. The van der Waals surface area contributed by atoms with Gasteiger partial charge in [0.25, 0.3) is 5.91 Å². The fourth-order valence-electron chi connectivity index (χ4n) is 3.20. The molecule has 3 aromatic rings. The maximum absolute atomic E-state index is 13.2. The van der Waals surface area contributed by atoms with Crippen LogP contribution in [0.25, 0.3) is 5.65 Å². The van der Waals surface area contributed by atoms with Gasteiger partial charge in [0, 0.05) is 25.1 Å². The molecule has 1 atom stereocenters. The molecule has 128 valence electrons. The highest BCUT2D eigenvalue weighted by atomic mass is 16.5. The summed E-state index contributed by atoms with van der Waals surface area (Å²) in [6, 6.07) is 11.4. The van der Waals surface area contributed by atoms with Crippen LogP contribution in [0.2, 0.25) is 0 Å². The van der Waals surface area contributed by atoms with Gasteiger partial charge in [-0.3, -0.25) is 4.79 Å². The van der Waals surface area contributed by atoms with Crippen molar-refractivity contribution in [3.63, 3.8) is 0 Å². The van der Waals surface area contributed by atoms with Gasteiger partial charge in [0.15, 0.2) is 0 Å². The van der Waals surface area contributed by atoms with Crippen LogP contribution in [0.4, 0.5) is 5.69 Å². The average molecular weight is 336 g/mol. The maximum Gasteiger partial charge on any atom is 0.260 e. The predicted molar refractivity (Wildman–Crippen MR) is 96.3 cm³/mol. The maximum atomic E-state index is 13.2. The van der Waals surface area contributed by atoms with Crippen LogP contribution in [-0.4, -0.2) is 53.5 Å². The van der Waals surface area contributed by atoms with Crippen LogP contribution < -0.4 is 9.64 Å². The molecular weight excluding hydrogens is 316 g/mol. The van der Waals surface area contributed by atoms with E-state index in [4.69, 9.17) is 4.74 Å². The molecule has 6 nitrogen and oxygen atoms in total. The Labute approximate surface area is 146 Å². The summed E-state index contributed by atoms with van der Waals surface area (Å²) in [5, 5.41) is 0. The number of rotatable bonds is 3. The van der Waals surface area contributed by atoms with Crippen molar-refractivity contribution in [1.29, 1.82) is 0 Å². The summed E-state index contributed by atoms with van der Waals surface area (Å²) in [4.78, 5) is 21.3. The Hall–Kier alpha value is -2.86. The number of benzene rings is 1. The van der Waals surface area contributed by atoms with E-state index in [1.807, 2.05) is 72.2 Å². The minimum atomic E-state index is -0.0640. The lowest BCUT2D eigenvalue weighted by Gasteiger charge is -2.36. The molecule has 0 N–H and O–H groups in total. The molecule has 0 aliphatic carbocycles. The Morgan fingerprint density at radius 2 is 2.12 bits per heavy atom. The van der Waals surface area contributed by atoms with Crippen molar-refractivity contribution in [3.05, 3.63) is 60.6 Å². The van der Waals surface area contributed by atoms with Gasteiger partial charge in [-0.05, 0) is 38.4 Å². The van der Waals surface area contributed by atoms with Crippen molar-refractivity contribution in [1.82, 2.24) is 14.3 Å². The van der Waals surface area contributed by atoms with E-state index < -0.39 is 0 Å². The van der Waals surface area contributed by atoms with Crippen LogP contribution in [0, 0.1) is 0 Å². The lowest BCUT2D eigenvalue weighted by atomic mass is 10.1. The smallest absolute Gasteiger partial charge is 0.260 e. The van der Waals surface area contributed by atoms with Crippen molar-refractivity contribution in [2.75, 3.05) is 32.1 Å². The van der Waals surface area contributed by atoms with E-state index in [1.165, 1.54) is 0 Å². The number of hydrogen-bond donors (Lipinski definition) is 0. The monoisotopic (exact) mass is 336 g/mol. The second kappa shape index (κ2) is 6.22.